The van der Waals surface area contributed by atoms with Gasteiger partial charge in [-0.05, 0) is 60.5 Å². The monoisotopic (exact) mass is 1160 g/mol. The van der Waals surface area contributed by atoms with Crippen molar-refractivity contribution in [3.8, 4) is 0 Å². The fourth-order valence-corrected chi connectivity index (χ4v) is 9.58. The van der Waals surface area contributed by atoms with Crippen LogP contribution in [0.1, 0.15) is 37.3 Å². The predicted molar refractivity (Wildman–Crippen MR) is 302 cm³/mol. The number of likely N-dealkylation sites (tertiary alicyclic amines) is 1. The molecule has 0 aromatic heterocycles. The average Bonchev–Trinajstić information content (AvgIpc) is 3.72. The van der Waals surface area contributed by atoms with Crippen molar-refractivity contribution >= 4 is 82.2 Å². The highest BCUT2D eigenvalue weighted by Crippen LogP contribution is 2.20. The van der Waals surface area contributed by atoms with E-state index in [1.165, 1.54) is 4.90 Å². The second-order valence-corrected chi connectivity index (χ2v) is 20.7. The number of benzene rings is 2. The van der Waals surface area contributed by atoms with Gasteiger partial charge in [-0.3, -0.25) is 82.4 Å². The van der Waals surface area contributed by atoms with Crippen LogP contribution in [0.3, 0.4) is 0 Å². The van der Waals surface area contributed by atoms with Crippen molar-refractivity contribution in [3.05, 3.63) is 59.7 Å². The number of hydrogen-bond donors (Lipinski definition) is 10. The number of amides is 3. The highest BCUT2D eigenvalue weighted by Gasteiger charge is 2.35. The van der Waals surface area contributed by atoms with Crippen LogP contribution in [0.5, 0.6) is 0 Å². The van der Waals surface area contributed by atoms with Crippen LogP contribution in [0, 0.1) is 5.92 Å². The number of carbonyl (C=O) groups excluding carboxylic acids is 3. The molecule has 3 saturated heterocycles. The van der Waals surface area contributed by atoms with E-state index in [-0.39, 0.29) is 88.3 Å². The molecule has 0 bridgehead atoms. The molecular weight excluding hydrogens is 1080 g/mol. The minimum absolute atomic E-state index is 0.107. The summed E-state index contributed by atoms with van der Waals surface area (Å²) in [6, 6.07) is 14.5. The first-order valence-corrected chi connectivity index (χ1v) is 27.4. The molecule has 0 saturated carbocycles. The lowest BCUT2D eigenvalue weighted by Gasteiger charge is -2.29. The predicted octanol–water partition coefficient (Wildman–Crippen LogP) is -0.947. The molecule has 10 N–H and O–H groups in total. The molecule has 27 nitrogen and oxygen atoms in total. The zero-order valence-corrected chi connectivity index (χ0v) is 47.0. The van der Waals surface area contributed by atoms with Crippen LogP contribution in [-0.4, -0.2) is 286 Å². The van der Waals surface area contributed by atoms with Crippen molar-refractivity contribution in [1.82, 2.24) is 49.8 Å². The lowest BCUT2D eigenvalue weighted by Crippen LogP contribution is -2.47. The zero-order chi connectivity index (χ0) is 59.4. The van der Waals surface area contributed by atoms with Crippen molar-refractivity contribution in [2.24, 2.45) is 5.92 Å². The number of rotatable bonds is 28. The van der Waals surface area contributed by atoms with Gasteiger partial charge in [0.05, 0.1) is 39.3 Å². The van der Waals surface area contributed by atoms with Crippen LogP contribution >= 0.6 is 12.2 Å². The number of nitrogens with zero attached hydrogens (tertiary/aromatic N) is 8. The van der Waals surface area contributed by atoms with Gasteiger partial charge < -0.3 is 51.9 Å². The maximum atomic E-state index is 12.4. The molecule has 0 spiro atoms. The molecule has 0 aliphatic carbocycles. The van der Waals surface area contributed by atoms with E-state index < -0.39 is 35.8 Å². The summed E-state index contributed by atoms with van der Waals surface area (Å²) in [7, 11) is 1.73. The normalized spacial score (nSPS) is 18.0. The number of nitrogens with one attached hydrogen (secondary N) is 4. The SMILES string of the molecule is CC1CC(=O)N(CCCC(=O)Nc2ccc(CC(CN3CCN(CC(=O)O)CCN(CC(=O)O)CC3)NCC(=O)O)cc2)C1=O.CNC(=S)Nc1ccc(CN(CCN2CCN(CC(=O)O)CCN(CC(=O)O)CC2)CC(=O)O)cc1. The first-order valence-electron chi connectivity index (χ1n) is 26.9. The van der Waals surface area contributed by atoms with Gasteiger partial charge in [-0.2, -0.15) is 0 Å². The summed E-state index contributed by atoms with van der Waals surface area (Å²) >= 11 is 5.10. The third kappa shape index (κ3) is 27.0. The molecule has 2 aromatic rings. The number of hydrogen-bond acceptors (Lipinski definition) is 18. The van der Waals surface area contributed by atoms with Gasteiger partial charge in [-0.1, -0.05) is 31.2 Å². The van der Waals surface area contributed by atoms with Crippen molar-refractivity contribution < 1.29 is 73.8 Å². The molecule has 3 fully saturated rings. The summed E-state index contributed by atoms with van der Waals surface area (Å²) in [6.45, 7) is 9.10. The minimum Gasteiger partial charge on any atom is -0.480 e. The number of aliphatic carboxylic acids is 6. The smallest absolute Gasteiger partial charge is 0.317 e. The first kappa shape index (κ1) is 66.7. The molecule has 2 atom stereocenters. The topological polar surface area (TPSA) is 349 Å². The number of carbonyl (C=O) groups is 9. The molecule has 0 radical (unpaired) electrons. The fourth-order valence-electron chi connectivity index (χ4n) is 9.46. The van der Waals surface area contributed by atoms with Gasteiger partial charge in [-0.15, -0.1) is 0 Å². The summed E-state index contributed by atoms with van der Waals surface area (Å²) in [4.78, 5) is 119. The first-order chi connectivity index (χ1) is 38.5. The van der Waals surface area contributed by atoms with E-state index in [4.69, 9.17) is 12.2 Å². The number of anilines is 2. The average molecular weight is 1160 g/mol. The molecular formula is C53H80N12O15S. The molecule has 2 unspecified atom stereocenters. The number of carboxylic acid groups (broad SMARTS) is 6. The van der Waals surface area contributed by atoms with Crippen LogP contribution in [0.2, 0.25) is 0 Å². The van der Waals surface area contributed by atoms with Crippen molar-refractivity contribution in [1.29, 1.82) is 0 Å². The number of carboxylic acids is 6. The number of thiocarbonyl (C=S) groups is 1. The molecule has 28 heteroatoms. The maximum Gasteiger partial charge on any atom is 0.317 e. The Kier molecular flexibility index (Phi) is 29.0. The standard InChI is InChI=1S/C30H44N6O9.C23H36N6O6S/c1-21-15-26(38)36(30(21)45)8-2-3-25(37)32-23-6-4-22(5-7-23)16-24(31-17-27(39)40)18-33-9-11-34(19-28(41)42)13-14-35(12-10-33)20-29(43)44;1-24-23(36)25-19-4-2-18(3-5-19)14-29(17-22(34)35)13-8-26-6-9-27(15-20(30)31)11-12-28(10-7-26)16-21(32)33/h4-7,21,24,31H,2-3,8-20H2,1H3,(H,32,37)(H,39,40)(H,41,42)(H,43,44);2-5H,6-17H2,1H3,(H,30,31)(H,32,33)(H,34,35)(H2,24,25,36). The van der Waals surface area contributed by atoms with Gasteiger partial charge in [-0.25, -0.2) is 0 Å². The third-order valence-electron chi connectivity index (χ3n) is 13.8. The Labute approximate surface area is 476 Å². The Bertz CT molecular complexity index is 2370. The van der Waals surface area contributed by atoms with Crippen molar-refractivity contribution in [2.75, 3.05) is 162 Å². The van der Waals surface area contributed by atoms with E-state index in [1.807, 2.05) is 41.3 Å². The summed E-state index contributed by atoms with van der Waals surface area (Å²) in [5.74, 6) is -6.65. The van der Waals surface area contributed by atoms with Crippen molar-refractivity contribution in [3.63, 3.8) is 0 Å². The van der Waals surface area contributed by atoms with Gasteiger partial charge in [0, 0.05) is 154 Å². The van der Waals surface area contributed by atoms with Gasteiger partial charge in [0.15, 0.2) is 5.11 Å². The van der Waals surface area contributed by atoms with Gasteiger partial charge in [0.2, 0.25) is 17.7 Å². The highest BCUT2D eigenvalue weighted by atomic mass is 32.1. The Morgan fingerprint density at radius 1 is 0.593 bits per heavy atom. The van der Waals surface area contributed by atoms with E-state index in [2.05, 4.69) is 31.1 Å². The zero-order valence-electron chi connectivity index (χ0n) is 46.2. The van der Waals surface area contributed by atoms with E-state index >= 15 is 0 Å². The van der Waals surface area contributed by atoms with Gasteiger partial charge in [0.1, 0.15) is 0 Å². The van der Waals surface area contributed by atoms with E-state index in [0.29, 0.717) is 128 Å². The second kappa shape index (κ2) is 35.2. The summed E-state index contributed by atoms with van der Waals surface area (Å²) in [5.41, 5.74) is 3.27. The molecule has 448 valence electrons. The van der Waals surface area contributed by atoms with Crippen LogP contribution in [0.15, 0.2) is 48.5 Å². The second-order valence-electron chi connectivity index (χ2n) is 20.3. The van der Waals surface area contributed by atoms with Gasteiger partial charge in [0.25, 0.3) is 0 Å². The third-order valence-corrected chi connectivity index (χ3v) is 14.1. The van der Waals surface area contributed by atoms with E-state index in [0.717, 1.165) is 16.8 Å². The Hall–Kier alpha value is -6.76. The summed E-state index contributed by atoms with van der Waals surface area (Å²) in [6.07, 6.45) is 1.20. The Morgan fingerprint density at radius 2 is 1.04 bits per heavy atom. The highest BCUT2D eigenvalue weighted by molar-refractivity contribution is 7.80. The van der Waals surface area contributed by atoms with Crippen LogP contribution < -0.4 is 21.3 Å². The maximum absolute atomic E-state index is 12.4. The van der Waals surface area contributed by atoms with E-state index in [1.54, 1.807) is 45.7 Å². The fraction of sp³-hybridized carbons (Fsp3) is 0.585. The molecule has 81 heavy (non-hydrogen) atoms. The minimum atomic E-state index is -1.00. The van der Waals surface area contributed by atoms with Crippen LogP contribution in [0.25, 0.3) is 0 Å². The number of imide groups is 1. The van der Waals surface area contributed by atoms with Crippen molar-refractivity contribution in [2.45, 2.75) is 45.2 Å². The lowest BCUT2D eigenvalue weighted by atomic mass is 10.0. The lowest BCUT2D eigenvalue weighted by molar-refractivity contribution is -0.140. The molecule has 3 amide bonds. The Morgan fingerprint density at radius 3 is 1.46 bits per heavy atom. The largest absolute Gasteiger partial charge is 0.480 e. The molecule has 3 aliphatic rings. The quantitative estimate of drug-likeness (QED) is 0.0363. The van der Waals surface area contributed by atoms with Gasteiger partial charge >= 0.3 is 35.8 Å². The van der Waals surface area contributed by atoms with Crippen LogP contribution in [0.4, 0.5) is 11.4 Å². The molecule has 2 aromatic carbocycles. The summed E-state index contributed by atoms with van der Waals surface area (Å²) < 4.78 is 0. The molecule has 3 aliphatic heterocycles. The van der Waals surface area contributed by atoms with Crippen LogP contribution in [-0.2, 0) is 56.1 Å². The van der Waals surface area contributed by atoms with E-state index in [9.17, 15) is 73.8 Å². The molecule has 3 heterocycles. The Balaban J connectivity index is 0.000000357. The molecule has 5 rings (SSSR count). The summed E-state index contributed by atoms with van der Waals surface area (Å²) in [5, 5.41) is 68.0.